The van der Waals surface area contributed by atoms with Gasteiger partial charge in [-0.25, -0.2) is 4.99 Å². The van der Waals surface area contributed by atoms with Crippen molar-refractivity contribution in [3.05, 3.63) is 12.4 Å². The summed E-state index contributed by atoms with van der Waals surface area (Å²) in [6.45, 7) is 2.10. The fourth-order valence-corrected chi connectivity index (χ4v) is 1.08. The van der Waals surface area contributed by atoms with Crippen LogP contribution in [-0.4, -0.2) is 16.1 Å². The zero-order valence-electron chi connectivity index (χ0n) is 6.91. The molecule has 0 atom stereocenters. The number of nitrogens with one attached hydrogen (secondary N) is 1. The number of thiocarbonyl (C=S) groups is 1. The van der Waals surface area contributed by atoms with Crippen LogP contribution in [0.15, 0.2) is 17.4 Å². The van der Waals surface area contributed by atoms with Gasteiger partial charge in [-0.2, -0.15) is 4.99 Å². The Morgan fingerprint density at radius 1 is 1.83 bits per heavy atom. The van der Waals surface area contributed by atoms with Crippen molar-refractivity contribution in [1.82, 2.24) is 0 Å². The second-order valence-corrected chi connectivity index (χ2v) is 3.21. The standard InChI is InChI=1S/C7H11N3S2/c1-2-5-12-7(8)10-4-3-9-6-11/h3-4H,2,5H2,1H3,(H2,8,10)/p+1. The summed E-state index contributed by atoms with van der Waals surface area (Å²) in [5.41, 5.74) is 5.57. The van der Waals surface area contributed by atoms with Crippen LogP contribution in [0.2, 0.25) is 0 Å². The van der Waals surface area contributed by atoms with Gasteiger partial charge < -0.3 is 0 Å². The van der Waals surface area contributed by atoms with E-state index in [1.165, 1.54) is 6.20 Å². The lowest BCUT2D eigenvalue weighted by atomic mass is 10.6. The molecule has 0 radical (unpaired) electrons. The molecule has 0 spiro atoms. The van der Waals surface area contributed by atoms with Crippen molar-refractivity contribution in [2.24, 2.45) is 10.7 Å². The SMILES string of the molecule is CCCSC(N)=[NH+]C=CN=C=S. The van der Waals surface area contributed by atoms with Crippen molar-refractivity contribution in [1.29, 1.82) is 0 Å². The lowest BCUT2D eigenvalue weighted by molar-refractivity contribution is -0.370. The molecular formula is C7H12N3S2+. The van der Waals surface area contributed by atoms with E-state index in [0.717, 1.165) is 12.2 Å². The molecule has 0 unspecified atom stereocenters. The van der Waals surface area contributed by atoms with Gasteiger partial charge in [-0.15, -0.1) is 0 Å². The molecule has 0 aromatic carbocycles. The predicted octanol–water partition coefficient (Wildman–Crippen LogP) is 0.0989. The summed E-state index contributed by atoms with van der Waals surface area (Å²) < 4.78 is 0. The zero-order valence-corrected chi connectivity index (χ0v) is 8.54. The maximum Gasteiger partial charge on any atom is 0.306 e. The number of hydrogen-bond acceptors (Lipinski definition) is 3. The van der Waals surface area contributed by atoms with Crippen molar-refractivity contribution in [3.63, 3.8) is 0 Å². The summed E-state index contributed by atoms with van der Waals surface area (Å²) in [6, 6.07) is 0. The van der Waals surface area contributed by atoms with Crippen molar-refractivity contribution >= 4 is 34.3 Å². The normalized spacial score (nSPS) is 11.6. The maximum absolute atomic E-state index is 5.57. The van der Waals surface area contributed by atoms with Gasteiger partial charge >= 0.3 is 5.17 Å². The van der Waals surface area contributed by atoms with Crippen molar-refractivity contribution in [3.8, 4) is 0 Å². The Labute approximate surface area is 81.9 Å². The minimum absolute atomic E-state index is 0.674. The van der Waals surface area contributed by atoms with E-state index in [4.69, 9.17) is 5.73 Å². The van der Waals surface area contributed by atoms with Crippen molar-refractivity contribution < 1.29 is 4.99 Å². The summed E-state index contributed by atoms with van der Waals surface area (Å²) in [7, 11) is 0. The summed E-state index contributed by atoms with van der Waals surface area (Å²) in [6.07, 6.45) is 4.23. The largest absolute Gasteiger partial charge is 0.306 e. The number of nitrogens with two attached hydrogens (primary N) is 1. The molecule has 0 saturated heterocycles. The minimum atomic E-state index is 0.674. The smallest absolute Gasteiger partial charge is 0.281 e. The molecular weight excluding hydrogens is 190 g/mol. The van der Waals surface area contributed by atoms with Crippen LogP contribution < -0.4 is 10.7 Å². The topological polar surface area (TPSA) is 52.4 Å². The summed E-state index contributed by atoms with van der Waals surface area (Å²) in [5.74, 6) is 1.02. The van der Waals surface area contributed by atoms with Gasteiger partial charge in [0.25, 0.3) is 0 Å². The highest BCUT2D eigenvalue weighted by Gasteiger charge is 1.94. The van der Waals surface area contributed by atoms with E-state index in [-0.39, 0.29) is 0 Å². The molecule has 0 aromatic heterocycles. The number of aliphatic imine (C=N–C) groups is 1. The van der Waals surface area contributed by atoms with E-state index >= 15 is 0 Å². The maximum atomic E-state index is 5.57. The fraction of sp³-hybridized carbons (Fsp3) is 0.429. The van der Waals surface area contributed by atoms with E-state index < -0.39 is 0 Å². The van der Waals surface area contributed by atoms with Crippen LogP contribution in [0.5, 0.6) is 0 Å². The van der Waals surface area contributed by atoms with Gasteiger partial charge in [0, 0.05) is 5.75 Å². The first-order valence-electron chi connectivity index (χ1n) is 3.55. The average molecular weight is 202 g/mol. The Hall–Kier alpha value is -0.640. The van der Waals surface area contributed by atoms with E-state index in [2.05, 4.69) is 34.3 Å². The third kappa shape index (κ3) is 7.47. The molecule has 0 amide bonds. The van der Waals surface area contributed by atoms with Gasteiger partial charge in [-0.1, -0.05) is 6.92 Å². The number of hydrogen-bond donors (Lipinski definition) is 2. The van der Waals surface area contributed by atoms with Crippen LogP contribution in [-0.2, 0) is 0 Å². The Morgan fingerprint density at radius 3 is 3.17 bits per heavy atom. The van der Waals surface area contributed by atoms with Gasteiger partial charge in [0.1, 0.15) is 6.20 Å². The second kappa shape index (κ2) is 8.46. The molecule has 0 heterocycles. The third-order valence-electron chi connectivity index (χ3n) is 0.889. The molecule has 0 bridgehead atoms. The molecule has 3 N–H and O–H groups in total. The van der Waals surface area contributed by atoms with Crippen LogP contribution in [0, 0.1) is 0 Å². The first-order chi connectivity index (χ1) is 5.81. The van der Waals surface area contributed by atoms with Crippen molar-refractivity contribution in [2.75, 3.05) is 5.75 Å². The van der Waals surface area contributed by atoms with Crippen LogP contribution in [0.25, 0.3) is 0 Å². The lowest BCUT2D eigenvalue weighted by Gasteiger charge is -1.88. The molecule has 0 saturated carbocycles. The first kappa shape index (κ1) is 11.4. The van der Waals surface area contributed by atoms with E-state index in [9.17, 15) is 0 Å². The molecule has 0 aliphatic carbocycles. The van der Waals surface area contributed by atoms with Gasteiger partial charge in [-0.05, 0) is 30.4 Å². The van der Waals surface area contributed by atoms with Gasteiger partial charge in [0.2, 0.25) is 0 Å². The number of isothiocyanates is 1. The van der Waals surface area contributed by atoms with E-state index in [1.54, 1.807) is 18.0 Å². The summed E-state index contributed by atoms with van der Waals surface area (Å²) in [5, 5.41) is 2.88. The molecule has 0 aromatic rings. The second-order valence-electron chi connectivity index (χ2n) is 1.89. The monoisotopic (exact) mass is 202 g/mol. The van der Waals surface area contributed by atoms with Gasteiger partial charge in [0.05, 0.1) is 11.4 Å². The molecule has 0 fully saturated rings. The molecule has 66 valence electrons. The van der Waals surface area contributed by atoms with E-state index in [1.807, 2.05) is 0 Å². The van der Waals surface area contributed by atoms with Gasteiger partial charge in [-0.3, -0.25) is 5.73 Å². The van der Waals surface area contributed by atoms with Crippen LogP contribution in [0.1, 0.15) is 13.3 Å². The Kier molecular flexibility index (Phi) is 8.01. The van der Waals surface area contributed by atoms with Crippen LogP contribution in [0.4, 0.5) is 0 Å². The first-order valence-corrected chi connectivity index (χ1v) is 4.94. The lowest BCUT2D eigenvalue weighted by Crippen LogP contribution is -2.68. The minimum Gasteiger partial charge on any atom is -0.281 e. The predicted molar refractivity (Wildman–Crippen MR) is 57.1 cm³/mol. The summed E-state index contributed by atoms with van der Waals surface area (Å²) >= 11 is 5.94. The van der Waals surface area contributed by atoms with Gasteiger partial charge in [0.15, 0.2) is 0 Å². The average Bonchev–Trinajstić information content (AvgIpc) is 2.09. The number of nitrogens with zero attached hydrogens (tertiary/aromatic N) is 1. The Morgan fingerprint density at radius 2 is 2.58 bits per heavy atom. The summed E-state index contributed by atoms with van der Waals surface area (Å²) in [4.78, 5) is 6.42. The number of thioether (sulfide) groups is 1. The fourth-order valence-electron chi connectivity index (χ4n) is 0.441. The van der Waals surface area contributed by atoms with E-state index in [0.29, 0.717) is 5.17 Å². The zero-order chi connectivity index (χ0) is 9.23. The highest BCUT2D eigenvalue weighted by molar-refractivity contribution is 8.13. The highest BCUT2D eigenvalue weighted by atomic mass is 32.2. The molecule has 0 rings (SSSR count). The third-order valence-corrected chi connectivity index (χ3v) is 2.04. The molecule has 5 heteroatoms. The quantitative estimate of drug-likeness (QED) is 0.386. The Balaban J connectivity index is 3.74. The molecule has 0 aliphatic rings. The van der Waals surface area contributed by atoms with Crippen molar-refractivity contribution in [2.45, 2.75) is 13.3 Å². The van der Waals surface area contributed by atoms with Crippen LogP contribution >= 0.6 is 24.0 Å². The molecule has 0 aliphatic heterocycles. The Bertz CT molecular complexity index is 217. The van der Waals surface area contributed by atoms with Crippen LogP contribution in [0.3, 0.4) is 0 Å². The molecule has 12 heavy (non-hydrogen) atoms. The number of amidine groups is 1. The molecule has 3 nitrogen and oxygen atoms in total. The highest BCUT2D eigenvalue weighted by Crippen LogP contribution is 1.96. The number of rotatable bonds is 4.